The van der Waals surface area contributed by atoms with Crippen LogP contribution in [0.5, 0.6) is 0 Å². The number of carbonyl (C=O) groups excluding carboxylic acids is 1. The first-order chi connectivity index (χ1) is 7.54. The van der Waals surface area contributed by atoms with Crippen molar-refractivity contribution in [2.75, 3.05) is 0 Å². The Bertz CT molecular complexity index is 406. The van der Waals surface area contributed by atoms with E-state index in [4.69, 9.17) is 0 Å². The first-order valence-corrected chi connectivity index (χ1v) is 5.70. The van der Waals surface area contributed by atoms with E-state index in [0.29, 0.717) is 10.9 Å². The number of hydrogen-bond donors (Lipinski definition) is 1. The lowest BCUT2D eigenvalue weighted by Crippen LogP contribution is -2.32. The SMILES string of the molecule is C=CCC(C)NC(=O)c1cc(Br)ccc1F. The van der Waals surface area contributed by atoms with Crippen LogP contribution < -0.4 is 5.32 Å². The van der Waals surface area contributed by atoms with E-state index in [1.54, 1.807) is 12.1 Å². The molecule has 0 aliphatic carbocycles. The summed E-state index contributed by atoms with van der Waals surface area (Å²) in [7, 11) is 0. The van der Waals surface area contributed by atoms with Gasteiger partial charge in [0.2, 0.25) is 0 Å². The molecule has 0 aliphatic rings. The Morgan fingerprint density at radius 2 is 2.38 bits per heavy atom. The third-order valence-corrected chi connectivity index (χ3v) is 2.56. The molecule has 0 saturated heterocycles. The highest BCUT2D eigenvalue weighted by atomic mass is 79.9. The molecule has 0 fully saturated rings. The first-order valence-electron chi connectivity index (χ1n) is 4.91. The quantitative estimate of drug-likeness (QED) is 0.845. The molecule has 1 aromatic carbocycles. The van der Waals surface area contributed by atoms with Gasteiger partial charge in [0, 0.05) is 10.5 Å². The van der Waals surface area contributed by atoms with Crippen molar-refractivity contribution in [3.8, 4) is 0 Å². The molecule has 86 valence electrons. The van der Waals surface area contributed by atoms with Gasteiger partial charge in [0.15, 0.2) is 0 Å². The minimum absolute atomic E-state index is 0.0466. The van der Waals surface area contributed by atoms with Crippen LogP contribution in [0.2, 0.25) is 0 Å². The van der Waals surface area contributed by atoms with E-state index < -0.39 is 11.7 Å². The Kier molecular flexibility index (Phi) is 4.68. The second kappa shape index (κ2) is 5.80. The number of rotatable bonds is 4. The molecule has 0 aromatic heterocycles. The average Bonchev–Trinajstić information content (AvgIpc) is 2.21. The Labute approximate surface area is 103 Å². The van der Waals surface area contributed by atoms with Crippen LogP contribution in [0.15, 0.2) is 35.3 Å². The molecular weight excluding hydrogens is 273 g/mol. The number of halogens is 2. The summed E-state index contributed by atoms with van der Waals surface area (Å²) in [6.07, 6.45) is 2.36. The third kappa shape index (κ3) is 3.45. The van der Waals surface area contributed by atoms with Crippen molar-refractivity contribution in [2.45, 2.75) is 19.4 Å². The van der Waals surface area contributed by atoms with Gasteiger partial charge >= 0.3 is 0 Å². The van der Waals surface area contributed by atoms with Crippen LogP contribution in [0, 0.1) is 5.82 Å². The summed E-state index contributed by atoms with van der Waals surface area (Å²) >= 11 is 3.20. The summed E-state index contributed by atoms with van der Waals surface area (Å²) < 4.78 is 14.0. The normalized spacial score (nSPS) is 11.9. The van der Waals surface area contributed by atoms with Crippen molar-refractivity contribution >= 4 is 21.8 Å². The van der Waals surface area contributed by atoms with Crippen LogP contribution >= 0.6 is 15.9 Å². The van der Waals surface area contributed by atoms with Gasteiger partial charge in [-0.05, 0) is 31.5 Å². The molecule has 2 nitrogen and oxygen atoms in total. The predicted molar refractivity (Wildman–Crippen MR) is 65.8 cm³/mol. The van der Waals surface area contributed by atoms with Crippen molar-refractivity contribution in [3.05, 3.63) is 46.7 Å². The molecule has 1 atom stereocenters. The highest BCUT2D eigenvalue weighted by Crippen LogP contribution is 2.15. The molecule has 4 heteroatoms. The van der Waals surface area contributed by atoms with Gasteiger partial charge in [-0.3, -0.25) is 4.79 Å². The van der Waals surface area contributed by atoms with Crippen LogP contribution in [-0.2, 0) is 0 Å². The number of nitrogens with one attached hydrogen (secondary N) is 1. The van der Waals surface area contributed by atoms with Crippen LogP contribution in [0.25, 0.3) is 0 Å². The van der Waals surface area contributed by atoms with Gasteiger partial charge < -0.3 is 5.32 Å². The molecule has 1 rings (SSSR count). The fraction of sp³-hybridized carbons (Fsp3) is 0.250. The molecule has 1 N–H and O–H groups in total. The Balaban J connectivity index is 2.80. The molecule has 0 radical (unpaired) electrons. The molecule has 16 heavy (non-hydrogen) atoms. The molecule has 1 amide bonds. The molecule has 0 heterocycles. The molecule has 0 spiro atoms. The maximum absolute atomic E-state index is 13.4. The lowest BCUT2D eigenvalue weighted by Gasteiger charge is -2.12. The summed E-state index contributed by atoms with van der Waals surface area (Å²) in [5.41, 5.74) is 0.0466. The zero-order valence-corrected chi connectivity index (χ0v) is 10.6. The molecule has 0 aliphatic heterocycles. The Morgan fingerprint density at radius 1 is 1.69 bits per heavy atom. The zero-order valence-electron chi connectivity index (χ0n) is 8.97. The molecular formula is C12H13BrFNO. The van der Waals surface area contributed by atoms with Gasteiger partial charge in [-0.2, -0.15) is 0 Å². The van der Waals surface area contributed by atoms with E-state index in [1.807, 2.05) is 6.92 Å². The maximum atomic E-state index is 13.4. The van der Waals surface area contributed by atoms with Gasteiger partial charge in [0.05, 0.1) is 5.56 Å². The average molecular weight is 286 g/mol. The van der Waals surface area contributed by atoms with Crippen LogP contribution in [-0.4, -0.2) is 11.9 Å². The van der Waals surface area contributed by atoms with Gasteiger partial charge in [0.25, 0.3) is 5.91 Å². The maximum Gasteiger partial charge on any atom is 0.254 e. The topological polar surface area (TPSA) is 29.1 Å². The highest BCUT2D eigenvalue weighted by molar-refractivity contribution is 9.10. The smallest absolute Gasteiger partial charge is 0.254 e. The van der Waals surface area contributed by atoms with Crippen LogP contribution in [0.4, 0.5) is 4.39 Å². The van der Waals surface area contributed by atoms with Gasteiger partial charge in [-0.1, -0.05) is 22.0 Å². The number of amides is 1. The summed E-state index contributed by atoms with van der Waals surface area (Å²) in [5.74, 6) is -0.931. The molecule has 1 unspecified atom stereocenters. The van der Waals surface area contributed by atoms with Crippen molar-refractivity contribution in [1.82, 2.24) is 5.32 Å². The van der Waals surface area contributed by atoms with Crippen molar-refractivity contribution < 1.29 is 9.18 Å². The minimum Gasteiger partial charge on any atom is -0.349 e. The molecule has 0 bridgehead atoms. The lowest BCUT2D eigenvalue weighted by atomic mass is 10.1. The first kappa shape index (κ1) is 12.9. The number of hydrogen-bond acceptors (Lipinski definition) is 1. The molecule has 1 aromatic rings. The zero-order chi connectivity index (χ0) is 12.1. The monoisotopic (exact) mass is 285 g/mol. The Hall–Kier alpha value is -1.16. The van der Waals surface area contributed by atoms with E-state index in [1.165, 1.54) is 12.1 Å². The van der Waals surface area contributed by atoms with E-state index in [2.05, 4.69) is 27.8 Å². The predicted octanol–water partition coefficient (Wildman–Crippen LogP) is 3.28. The summed E-state index contributed by atoms with van der Waals surface area (Å²) in [4.78, 5) is 11.7. The van der Waals surface area contributed by atoms with Crippen molar-refractivity contribution in [3.63, 3.8) is 0 Å². The highest BCUT2D eigenvalue weighted by Gasteiger charge is 2.13. The fourth-order valence-corrected chi connectivity index (χ4v) is 1.64. The largest absolute Gasteiger partial charge is 0.349 e. The number of carbonyl (C=O) groups is 1. The Morgan fingerprint density at radius 3 is 3.00 bits per heavy atom. The van der Waals surface area contributed by atoms with Crippen LogP contribution in [0.3, 0.4) is 0 Å². The third-order valence-electron chi connectivity index (χ3n) is 2.07. The minimum atomic E-state index is -0.522. The van der Waals surface area contributed by atoms with E-state index in [0.717, 1.165) is 0 Å². The van der Waals surface area contributed by atoms with E-state index >= 15 is 0 Å². The summed E-state index contributed by atoms with van der Waals surface area (Å²) in [6.45, 7) is 5.42. The summed E-state index contributed by atoms with van der Waals surface area (Å²) in [6, 6.07) is 4.23. The second-order valence-electron chi connectivity index (χ2n) is 3.52. The molecule has 0 saturated carbocycles. The van der Waals surface area contributed by atoms with Crippen molar-refractivity contribution in [1.29, 1.82) is 0 Å². The van der Waals surface area contributed by atoms with Crippen LogP contribution in [0.1, 0.15) is 23.7 Å². The lowest BCUT2D eigenvalue weighted by molar-refractivity contribution is 0.0936. The standard InChI is InChI=1S/C12H13BrFNO/c1-3-4-8(2)15-12(16)10-7-9(13)5-6-11(10)14/h3,5-8H,1,4H2,2H3,(H,15,16). The summed E-state index contributed by atoms with van der Waals surface area (Å²) in [5, 5.41) is 2.69. The van der Waals surface area contributed by atoms with E-state index in [9.17, 15) is 9.18 Å². The fourth-order valence-electron chi connectivity index (χ4n) is 1.28. The van der Waals surface area contributed by atoms with Gasteiger partial charge in [-0.25, -0.2) is 4.39 Å². The second-order valence-corrected chi connectivity index (χ2v) is 4.44. The number of benzene rings is 1. The van der Waals surface area contributed by atoms with Gasteiger partial charge in [-0.15, -0.1) is 6.58 Å². The van der Waals surface area contributed by atoms with Crippen molar-refractivity contribution in [2.24, 2.45) is 0 Å². The van der Waals surface area contributed by atoms with Gasteiger partial charge in [0.1, 0.15) is 5.82 Å². The van der Waals surface area contributed by atoms with E-state index in [-0.39, 0.29) is 11.6 Å².